The molecule has 1 heterocycles. The molecule has 0 radical (unpaired) electrons. The molecule has 3 N–H and O–H groups in total. The van der Waals surface area contributed by atoms with Crippen molar-refractivity contribution >= 4 is 7.82 Å². The number of hydrogen-bond acceptors (Lipinski definition) is 9. The first-order valence-corrected chi connectivity index (χ1v) is 11.9. The highest BCUT2D eigenvalue weighted by Crippen LogP contribution is 2.49. The van der Waals surface area contributed by atoms with E-state index >= 15 is 0 Å². The minimum Gasteiger partial charge on any atom is -0.387 e. The highest BCUT2D eigenvalue weighted by Gasteiger charge is 2.45. The minimum atomic E-state index is -3.96. The van der Waals surface area contributed by atoms with Crippen molar-refractivity contribution in [3.63, 3.8) is 0 Å². The molecule has 1 aliphatic heterocycles. The Hall–Kier alpha value is -0.610. The quantitative estimate of drug-likeness (QED) is 0.174. The maximum atomic E-state index is 12.6. The lowest BCUT2D eigenvalue weighted by atomic mass is 9.99. The Balaban J connectivity index is 2.56. The van der Waals surface area contributed by atoms with Gasteiger partial charge in [-0.05, 0) is 6.42 Å². The van der Waals surface area contributed by atoms with Crippen LogP contribution in [-0.2, 0) is 27.6 Å². The number of aliphatic hydroxyl groups excluding tert-OH is 3. The maximum Gasteiger partial charge on any atom is 0.475 e. The van der Waals surface area contributed by atoms with Crippen molar-refractivity contribution in [2.24, 2.45) is 0 Å². The Bertz CT molecular complexity index is 514. The summed E-state index contributed by atoms with van der Waals surface area (Å²) in [5, 5.41) is 30.4. The molecule has 1 fully saturated rings. The second kappa shape index (κ2) is 15.2. The van der Waals surface area contributed by atoms with Gasteiger partial charge in [-0.3, -0.25) is 13.6 Å². The van der Waals surface area contributed by atoms with E-state index in [2.05, 4.69) is 20.1 Å². The summed E-state index contributed by atoms with van der Waals surface area (Å²) in [6, 6.07) is 0. The molecule has 30 heavy (non-hydrogen) atoms. The minimum absolute atomic E-state index is 0.0756. The van der Waals surface area contributed by atoms with E-state index in [1.165, 1.54) is 31.4 Å². The van der Waals surface area contributed by atoms with Crippen LogP contribution in [0.3, 0.4) is 0 Å². The van der Waals surface area contributed by atoms with Crippen LogP contribution in [0.25, 0.3) is 0 Å². The fourth-order valence-electron chi connectivity index (χ4n) is 2.84. The SMILES string of the molecule is C=CCOP(=O)(OCC=C)OC[C@H]1O[C@@H](OCCCCCCCC)[C@H](O)[C@@H](O)[C@@H]1O. The van der Waals surface area contributed by atoms with Gasteiger partial charge in [0.25, 0.3) is 0 Å². The molecule has 0 aromatic carbocycles. The molecule has 0 spiro atoms. The molecule has 176 valence electrons. The second-order valence-corrected chi connectivity index (χ2v) is 8.73. The Morgan fingerprint density at radius 3 is 2.10 bits per heavy atom. The van der Waals surface area contributed by atoms with E-state index in [1.54, 1.807) is 0 Å². The summed E-state index contributed by atoms with van der Waals surface area (Å²) in [6.07, 6.45) is 2.54. The van der Waals surface area contributed by atoms with Crippen LogP contribution in [0.1, 0.15) is 45.4 Å². The van der Waals surface area contributed by atoms with Crippen molar-refractivity contribution in [1.82, 2.24) is 0 Å². The van der Waals surface area contributed by atoms with Gasteiger partial charge in [0.05, 0.1) is 19.8 Å². The molecule has 5 atom stereocenters. The van der Waals surface area contributed by atoms with Gasteiger partial charge in [-0.1, -0.05) is 51.2 Å². The first kappa shape index (κ1) is 27.4. The van der Waals surface area contributed by atoms with E-state index < -0.39 is 45.1 Å². The largest absolute Gasteiger partial charge is 0.475 e. The molecule has 1 rings (SSSR count). The summed E-state index contributed by atoms with van der Waals surface area (Å²) in [7, 11) is -3.96. The first-order chi connectivity index (χ1) is 14.4. The molecule has 1 saturated heterocycles. The molecule has 0 saturated carbocycles. The maximum absolute atomic E-state index is 12.6. The van der Waals surface area contributed by atoms with Crippen LogP contribution in [0.2, 0.25) is 0 Å². The van der Waals surface area contributed by atoms with Crippen molar-refractivity contribution in [2.75, 3.05) is 26.4 Å². The van der Waals surface area contributed by atoms with Crippen molar-refractivity contribution < 1.29 is 42.9 Å². The monoisotopic (exact) mass is 452 g/mol. The standard InChI is InChI=1S/C20H37O9P/c1-4-7-8-9-10-11-14-25-20-19(23)18(22)17(21)16(29-20)15-28-30(24,26-12-5-2)27-13-6-3/h5-6,16-23H,2-4,7-15H2,1H3/t16-,17-,18+,19-,20-/m1/s1. The Morgan fingerprint density at radius 2 is 1.50 bits per heavy atom. The molecule has 1 aliphatic rings. The summed E-state index contributed by atoms with van der Waals surface area (Å²) in [5.74, 6) is 0. The number of ether oxygens (including phenoxy) is 2. The first-order valence-electron chi connectivity index (χ1n) is 10.4. The number of phosphoric ester groups is 1. The predicted octanol–water partition coefficient (Wildman–Crippen LogP) is 2.70. The van der Waals surface area contributed by atoms with E-state index in [0.717, 1.165) is 19.3 Å². The van der Waals surface area contributed by atoms with E-state index in [9.17, 15) is 19.9 Å². The summed E-state index contributed by atoms with van der Waals surface area (Å²) < 4.78 is 39.1. The van der Waals surface area contributed by atoms with E-state index in [4.69, 9.17) is 23.0 Å². The van der Waals surface area contributed by atoms with Gasteiger partial charge >= 0.3 is 7.82 Å². The van der Waals surface area contributed by atoms with Crippen molar-refractivity contribution in [1.29, 1.82) is 0 Å². The third-order valence-corrected chi connectivity index (χ3v) is 5.94. The van der Waals surface area contributed by atoms with Crippen LogP contribution in [-0.4, -0.2) is 72.5 Å². The average molecular weight is 452 g/mol. The third kappa shape index (κ3) is 9.68. The lowest BCUT2D eigenvalue weighted by Crippen LogP contribution is -2.59. The summed E-state index contributed by atoms with van der Waals surface area (Å²) in [4.78, 5) is 0. The van der Waals surface area contributed by atoms with Crippen LogP contribution in [0.5, 0.6) is 0 Å². The van der Waals surface area contributed by atoms with Gasteiger partial charge in [0.15, 0.2) is 6.29 Å². The molecule has 9 nitrogen and oxygen atoms in total. The normalized spacial score (nSPS) is 27.1. The van der Waals surface area contributed by atoms with Crippen molar-refractivity contribution in [2.45, 2.75) is 76.2 Å². The molecule has 0 aliphatic carbocycles. The topological polar surface area (TPSA) is 124 Å². The zero-order valence-corrected chi connectivity index (χ0v) is 18.7. The van der Waals surface area contributed by atoms with E-state index in [1.807, 2.05) is 0 Å². The lowest BCUT2D eigenvalue weighted by Gasteiger charge is -2.40. The van der Waals surface area contributed by atoms with Crippen LogP contribution in [0.15, 0.2) is 25.3 Å². The molecule has 0 unspecified atom stereocenters. The fourth-order valence-corrected chi connectivity index (χ4v) is 3.97. The van der Waals surface area contributed by atoms with Crippen LogP contribution in [0.4, 0.5) is 0 Å². The highest BCUT2D eigenvalue weighted by atomic mass is 31.2. The Labute approximate surface area is 179 Å². The van der Waals surface area contributed by atoms with Gasteiger partial charge in [0, 0.05) is 6.61 Å². The molecule has 0 aromatic rings. The van der Waals surface area contributed by atoms with Crippen molar-refractivity contribution in [3.05, 3.63) is 25.3 Å². The zero-order valence-electron chi connectivity index (χ0n) is 17.8. The van der Waals surface area contributed by atoms with Gasteiger partial charge in [0.1, 0.15) is 24.4 Å². The predicted molar refractivity (Wildman–Crippen MR) is 112 cm³/mol. The van der Waals surface area contributed by atoms with E-state index in [-0.39, 0.29) is 13.2 Å². The number of aliphatic hydroxyl groups is 3. The summed E-state index contributed by atoms with van der Waals surface area (Å²) >= 11 is 0. The fraction of sp³-hybridized carbons (Fsp3) is 0.800. The van der Waals surface area contributed by atoms with E-state index in [0.29, 0.717) is 6.61 Å². The molecule has 0 amide bonds. The Kier molecular flexibility index (Phi) is 13.9. The Morgan fingerprint density at radius 1 is 0.900 bits per heavy atom. The number of rotatable bonds is 17. The van der Waals surface area contributed by atoms with Gasteiger partial charge in [-0.2, -0.15) is 0 Å². The third-order valence-electron chi connectivity index (χ3n) is 4.55. The number of phosphoric acid groups is 1. The number of hydrogen-bond donors (Lipinski definition) is 3. The number of unbranched alkanes of at least 4 members (excludes halogenated alkanes) is 5. The summed E-state index contributed by atoms with van der Waals surface area (Å²) in [5.41, 5.74) is 0. The molecule has 0 aromatic heterocycles. The average Bonchev–Trinajstić information content (AvgIpc) is 2.75. The lowest BCUT2D eigenvalue weighted by molar-refractivity contribution is -0.300. The summed E-state index contributed by atoms with van der Waals surface area (Å²) in [6.45, 7) is 8.88. The van der Waals surface area contributed by atoms with Gasteiger partial charge in [-0.15, -0.1) is 13.2 Å². The highest BCUT2D eigenvalue weighted by molar-refractivity contribution is 7.48. The van der Waals surface area contributed by atoms with Gasteiger partial charge in [-0.25, -0.2) is 4.57 Å². The second-order valence-electron chi connectivity index (χ2n) is 7.07. The van der Waals surface area contributed by atoms with Gasteiger partial charge in [0.2, 0.25) is 0 Å². The molecule has 0 bridgehead atoms. The van der Waals surface area contributed by atoms with Gasteiger partial charge < -0.3 is 24.8 Å². The molecular formula is C20H37O9P. The molecule has 10 heteroatoms. The van der Waals surface area contributed by atoms with Crippen molar-refractivity contribution in [3.8, 4) is 0 Å². The zero-order chi connectivity index (χ0) is 22.4. The van der Waals surface area contributed by atoms with Crippen LogP contribution in [0, 0.1) is 0 Å². The molecular weight excluding hydrogens is 415 g/mol. The van der Waals surface area contributed by atoms with Crippen LogP contribution >= 0.6 is 7.82 Å². The smallest absolute Gasteiger partial charge is 0.387 e. The van der Waals surface area contributed by atoms with Crippen LogP contribution < -0.4 is 0 Å².